The van der Waals surface area contributed by atoms with Crippen molar-refractivity contribution >= 4 is 21.5 Å². The molecule has 0 amide bonds. The average molecular weight is 277 g/mol. The van der Waals surface area contributed by atoms with Gasteiger partial charge in [0.25, 0.3) is 10.0 Å². The van der Waals surface area contributed by atoms with Gasteiger partial charge in [0, 0.05) is 18.1 Å². The highest BCUT2D eigenvalue weighted by Gasteiger charge is 2.14. The van der Waals surface area contributed by atoms with Crippen molar-refractivity contribution in [3.63, 3.8) is 0 Å². The Bertz CT molecular complexity index is 696. The van der Waals surface area contributed by atoms with Crippen LogP contribution in [0.15, 0.2) is 52.0 Å². The second-order valence-corrected chi connectivity index (χ2v) is 5.20. The van der Waals surface area contributed by atoms with Crippen LogP contribution in [0.3, 0.4) is 0 Å². The predicted octanol–water partition coefficient (Wildman–Crippen LogP) is 0.153. The molecule has 0 saturated carbocycles. The summed E-state index contributed by atoms with van der Waals surface area (Å²) in [6.07, 6.45) is 2.89. The monoisotopic (exact) mass is 277 g/mol. The SMILES string of the molecule is NC(=NS(=O)(=O)c1ccc(N)cc1)c1ncccn1. The Kier molecular flexibility index (Phi) is 3.43. The first-order valence-corrected chi connectivity index (χ1v) is 6.66. The molecule has 7 nitrogen and oxygen atoms in total. The summed E-state index contributed by atoms with van der Waals surface area (Å²) in [6, 6.07) is 7.24. The summed E-state index contributed by atoms with van der Waals surface area (Å²) in [5.41, 5.74) is 11.5. The maximum atomic E-state index is 12.0. The Morgan fingerprint density at radius 2 is 1.68 bits per heavy atom. The van der Waals surface area contributed by atoms with Crippen molar-refractivity contribution in [3.05, 3.63) is 48.5 Å². The molecule has 0 spiro atoms. The van der Waals surface area contributed by atoms with E-state index in [0.717, 1.165) is 0 Å². The summed E-state index contributed by atoms with van der Waals surface area (Å²) >= 11 is 0. The van der Waals surface area contributed by atoms with Gasteiger partial charge in [0.2, 0.25) is 0 Å². The summed E-state index contributed by atoms with van der Waals surface area (Å²) in [5.74, 6) is -0.209. The highest BCUT2D eigenvalue weighted by atomic mass is 32.2. The quantitative estimate of drug-likeness (QED) is 0.467. The molecule has 8 heteroatoms. The molecule has 0 radical (unpaired) electrons. The van der Waals surface area contributed by atoms with E-state index in [-0.39, 0.29) is 16.6 Å². The van der Waals surface area contributed by atoms with Gasteiger partial charge in [-0.2, -0.15) is 8.42 Å². The molecule has 1 heterocycles. The molecular formula is C11H11N5O2S. The second-order valence-electron chi connectivity index (χ2n) is 3.59. The van der Waals surface area contributed by atoms with Gasteiger partial charge in [-0.05, 0) is 30.3 Å². The van der Waals surface area contributed by atoms with Crippen LogP contribution in [-0.4, -0.2) is 24.2 Å². The highest BCUT2D eigenvalue weighted by Crippen LogP contribution is 2.14. The summed E-state index contributed by atoms with van der Waals surface area (Å²) in [7, 11) is -3.90. The number of nitrogens with zero attached hydrogens (tertiary/aromatic N) is 3. The largest absolute Gasteiger partial charge is 0.399 e. The number of benzene rings is 1. The van der Waals surface area contributed by atoms with Crippen LogP contribution in [0.4, 0.5) is 5.69 Å². The van der Waals surface area contributed by atoms with Crippen LogP contribution in [0, 0.1) is 0 Å². The molecular weight excluding hydrogens is 266 g/mol. The first kappa shape index (κ1) is 13.0. The van der Waals surface area contributed by atoms with Gasteiger partial charge >= 0.3 is 0 Å². The normalized spacial score (nSPS) is 12.3. The second kappa shape index (κ2) is 5.02. The molecule has 0 bridgehead atoms. The van der Waals surface area contributed by atoms with Crippen LogP contribution >= 0.6 is 0 Å². The maximum Gasteiger partial charge on any atom is 0.284 e. The van der Waals surface area contributed by atoms with E-state index < -0.39 is 10.0 Å². The lowest BCUT2D eigenvalue weighted by Gasteiger charge is -2.01. The first-order chi connectivity index (χ1) is 8.99. The molecule has 0 aliphatic carbocycles. The van der Waals surface area contributed by atoms with E-state index in [4.69, 9.17) is 11.5 Å². The van der Waals surface area contributed by atoms with Crippen molar-refractivity contribution in [2.24, 2.45) is 10.1 Å². The van der Waals surface area contributed by atoms with Gasteiger partial charge in [-0.3, -0.25) is 0 Å². The fraction of sp³-hybridized carbons (Fsp3) is 0. The molecule has 2 aromatic rings. The van der Waals surface area contributed by atoms with Gasteiger partial charge in [0.1, 0.15) is 0 Å². The van der Waals surface area contributed by atoms with E-state index >= 15 is 0 Å². The van der Waals surface area contributed by atoms with E-state index in [1.165, 1.54) is 36.7 Å². The summed E-state index contributed by atoms with van der Waals surface area (Å²) in [4.78, 5) is 7.64. The van der Waals surface area contributed by atoms with Gasteiger partial charge in [-0.25, -0.2) is 9.97 Å². The van der Waals surface area contributed by atoms with Crippen molar-refractivity contribution in [2.75, 3.05) is 5.73 Å². The Balaban J connectivity index is 2.39. The number of amidine groups is 1. The Hall–Kier alpha value is -2.48. The number of rotatable bonds is 3. The maximum absolute atomic E-state index is 12.0. The summed E-state index contributed by atoms with van der Waals surface area (Å²) < 4.78 is 27.4. The molecule has 0 fully saturated rings. The van der Waals surface area contributed by atoms with Gasteiger partial charge in [-0.15, -0.1) is 4.40 Å². The van der Waals surface area contributed by atoms with Crippen LogP contribution in [-0.2, 0) is 10.0 Å². The Morgan fingerprint density at radius 1 is 1.11 bits per heavy atom. The third-order valence-corrected chi connectivity index (χ3v) is 3.50. The lowest BCUT2D eigenvalue weighted by Crippen LogP contribution is -2.19. The lowest BCUT2D eigenvalue weighted by molar-refractivity contribution is 0.598. The van der Waals surface area contributed by atoms with Crippen LogP contribution < -0.4 is 11.5 Å². The number of hydrogen-bond donors (Lipinski definition) is 2. The highest BCUT2D eigenvalue weighted by molar-refractivity contribution is 7.90. The molecule has 0 aliphatic heterocycles. The van der Waals surface area contributed by atoms with E-state index in [1.807, 2.05) is 0 Å². The van der Waals surface area contributed by atoms with E-state index in [0.29, 0.717) is 5.69 Å². The van der Waals surface area contributed by atoms with Crippen LogP contribution in [0.2, 0.25) is 0 Å². The standard InChI is InChI=1S/C11H11N5O2S/c12-8-2-4-9(5-3-8)19(17,18)16-10(13)11-14-6-1-7-15-11/h1-7H,12H2,(H2,13,16). The third kappa shape index (κ3) is 3.05. The predicted molar refractivity (Wildman–Crippen MR) is 70.8 cm³/mol. The van der Waals surface area contributed by atoms with E-state index in [9.17, 15) is 8.42 Å². The molecule has 0 atom stereocenters. The van der Waals surface area contributed by atoms with Crippen LogP contribution in [0.5, 0.6) is 0 Å². The van der Waals surface area contributed by atoms with Crippen molar-refractivity contribution in [3.8, 4) is 0 Å². The van der Waals surface area contributed by atoms with Gasteiger partial charge in [0.15, 0.2) is 11.7 Å². The number of sulfonamides is 1. The average Bonchev–Trinajstić information content (AvgIpc) is 2.40. The van der Waals surface area contributed by atoms with E-state index in [2.05, 4.69) is 14.4 Å². The summed E-state index contributed by atoms with van der Waals surface area (Å²) in [5, 5.41) is 0. The first-order valence-electron chi connectivity index (χ1n) is 5.22. The molecule has 98 valence electrons. The number of nitrogen functional groups attached to an aromatic ring is 1. The number of nitrogens with two attached hydrogens (primary N) is 2. The van der Waals surface area contributed by atoms with Gasteiger partial charge in [-0.1, -0.05) is 0 Å². The van der Waals surface area contributed by atoms with Crippen LogP contribution in [0.1, 0.15) is 5.82 Å². The molecule has 2 rings (SSSR count). The zero-order valence-electron chi connectivity index (χ0n) is 9.76. The molecule has 0 aliphatic rings. The zero-order valence-corrected chi connectivity index (χ0v) is 10.6. The Morgan fingerprint density at radius 3 is 2.26 bits per heavy atom. The number of aromatic nitrogens is 2. The van der Waals surface area contributed by atoms with Gasteiger partial charge in [0.05, 0.1) is 4.90 Å². The molecule has 1 aromatic carbocycles. The van der Waals surface area contributed by atoms with Crippen molar-refractivity contribution < 1.29 is 8.42 Å². The molecule has 1 aromatic heterocycles. The minimum Gasteiger partial charge on any atom is -0.399 e. The minimum atomic E-state index is -3.90. The summed E-state index contributed by atoms with van der Waals surface area (Å²) in [6.45, 7) is 0. The van der Waals surface area contributed by atoms with Crippen molar-refractivity contribution in [1.82, 2.24) is 9.97 Å². The number of hydrogen-bond acceptors (Lipinski definition) is 5. The van der Waals surface area contributed by atoms with Crippen molar-refractivity contribution in [1.29, 1.82) is 0 Å². The smallest absolute Gasteiger partial charge is 0.284 e. The number of anilines is 1. The van der Waals surface area contributed by atoms with E-state index in [1.54, 1.807) is 6.07 Å². The molecule has 0 saturated heterocycles. The third-order valence-electron chi connectivity index (χ3n) is 2.19. The fourth-order valence-electron chi connectivity index (χ4n) is 1.29. The lowest BCUT2D eigenvalue weighted by atomic mass is 10.3. The minimum absolute atomic E-state index is 0.000538. The zero-order chi connectivity index (χ0) is 13.9. The molecule has 4 N–H and O–H groups in total. The topological polar surface area (TPSA) is 124 Å². The van der Waals surface area contributed by atoms with Gasteiger partial charge < -0.3 is 11.5 Å². The van der Waals surface area contributed by atoms with Crippen LogP contribution in [0.25, 0.3) is 0 Å². The fourth-order valence-corrected chi connectivity index (χ4v) is 2.22. The van der Waals surface area contributed by atoms with Crippen molar-refractivity contribution in [2.45, 2.75) is 4.90 Å². The molecule has 0 unspecified atom stereocenters. The Labute approximate surface area is 110 Å². The molecule has 19 heavy (non-hydrogen) atoms.